The second kappa shape index (κ2) is 6.39. The molecule has 5 heteroatoms. The molecule has 1 aromatic rings. The van der Waals surface area contributed by atoms with Crippen molar-refractivity contribution in [2.75, 3.05) is 10.7 Å². The molecular weight excluding hydrogens is 214 g/mol. The van der Waals surface area contributed by atoms with Crippen molar-refractivity contribution >= 4 is 11.6 Å². The van der Waals surface area contributed by atoms with E-state index in [9.17, 15) is 0 Å². The van der Waals surface area contributed by atoms with Gasteiger partial charge in [0.05, 0.1) is 0 Å². The van der Waals surface area contributed by atoms with Gasteiger partial charge in [0.15, 0.2) is 0 Å². The van der Waals surface area contributed by atoms with Gasteiger partial charge in [-0.3, -0.25) is 0 Å². The standard InChI is InChI=1S/C12H23N5/c1-5-7-10(6-2)16-11-8(3)12(17-13)15-9(4)14-11/h10H,5-7,13H2,1-4H3,(H2,14,15,16,17). The van der Waals surface area contributed by atoms with Crippen molar-refractivity contribution in [3.8, 4) is 0 Å². The second-order valence-corrected chi connectivity index (χ2v) is 4.28. The highest BCUT2D eigenvalue weighted by molar-refractivity contribution is 5.56. The highest BCUT2D eigenvalue weighted by Crippen LogP contribution is 2.21. The van der Waals surface area contributed by atoms with Crippen LogP contribution in [0.2, 0.25) is 0 Å². The van der Waals surface area contributed by atoms with Crippen molar-refractivity contribution in [1.82, 2.24) is 9.97 Å². The lowest BCUT2D eigenvalue weighted by atomic mass is 10.1. The quantitative estimate of drug-likeness (QED) is 0.523. The number of nitrogens with one attached hydrogen (secondary N) is 2. The van der Waals surface area contributed by atoms with Crippen LogP contribution in [-0.4, -0.2) is 16.0 Å². The van der Waals surface area contributed by atoms with Gasteiger partial charge in [-0.1, -0.05) is 20.3 Å². The first-order valence-electron chi connectivity index (χ1n) is 6.20. The van der Waals surface area contributed by atoms with Crippen LogP contribution in [0, 0.1) is 13.8 Å². The number of aryl methyl sites for hydroxylation is 1. The fourth-order valence-corrected chi connectivity index (χ4v) is 1.83. The van der Waals surface area contributed by atoms with E-state index in [0.29, 0.717) is 11.9 Å². The summed E-state index contributed by atoms with van der Waals surface area (Å²) in [5.74, 6) is 7.73. The van der Waals surface area contributed by atoms with E-state index in [-0.39, 0.29) is 0 Å². The van der Waals surface area contributed by atoms with E-state index in [1.807, 2.05) is 13.8 Å². The van der Waals surface area contributed by atoms with Gasteiger partial charge < -0.3 is 10.7 Å². The molecular formula is C12H23N5. The molecule has 0 spiro atoms. The smallest absolute Gasteiger partial charge is 0.148 e. The first-order chi connectivity index (χ1) is 8.12. The SMILES string of the molecule is CCCC(CC)Nc1nc(C)nc(NN)c1C. The Morgan fingerprint density at radius 1 is 1.18 bits per heavy atom. The largest absolute Gasteiger partial charge is 0.367 e. The first kappa shape index (κ1) is 13.7. The van der Waals surface area contributed by atoms with Gasteiger partial charge in [-0.05, 0) is 26.7 Å². The van der Waals surface area contributed by atoms with Crippen LogP contribution in [0.15, 0.2) is 0 Å². The highest BCUT2D eigenvalue weighted by atomic mass is 15.3. The molecule has 0 saturated carbocycles. The summed E-state index contributed by atoms with van der Waals surface area (Å²) in [6.07, 6.45) is 3.39. The van der Waals surface area contributed by atoms with Gasteiger partial charge in [-0.25, -0.2) is 15.8 Å². The number of nitrogens with zero attached hydrogens (tertiary/aromatic N) is 2. The van der Waals surface area contributed by atoms with Crippen molar-refractivity contribution in [2.24, 2.45) is 5.84 Å². The number of nitrogen functional groups attached to an aromatic ring is 1. The lowest BCUT2D eigenvalue weighted by molar-refractivity contribution is 0.619. The molecule has 0 radical (unpaired) electrons. The summed E-state index contributed by atoms with van der Waals surface area (Å²) in [6, 6.07) is 0.457. The Morgan fingerprint density at radius 2 is 1.82 bits per heavy atom. The summed E-state index contributed by atoms with van der Waals surface area (Å²) in [6.45, 7) is 8.20. The Morgan fingerprint density at radius 3 is 2.35 bits per heavy atom. The summed E-state index contributed by atoms with van der Waals surface area (Å²) in [7, 11) is 0. The van der Waals surface area contributed by atoms with Gasteiger partial charge in [0.25, 0.3) is 0 Å². The van der Waals surface area contributed by atoms with Crippen molar-refractivity contribution in [1.29, 1.82) is 0 Å². The average Bonchev–Trinajstić information content (AvgIpc) is 2.32. The van der Waals surface area contributed by atoms with Crippen LogP contribution >= 0.6 is 0 Å². The fourth-order valence-electron chi connectivity index (χ4n) is 1.83. The number of rotatable bonds is 6. The number of anilines is 2. The predicted octanol–water partition coefficient (Wildman–Crippen LogP) is 2.37. The van der Waals surface area contributed by atoms with Crippen molar-refractivity contribution < 1.29 is 0 Å². The molecule has 1 rings (SSSR count). The molecule has 0 aromatic carbocycles. The van der Waals surface area contributed by atoms with E-state index in [0.717, 1.165) is 36.5 Å². The molecule has 1 atom stereocenters. The Balaban J connectivity index is 2.92. The van der Waals surface area contributed by atoms with Crippen LogP contribution in [0.5, 0.6) is 0 Å². The lowest BCUT2D eigenvalue weighted by Gasteiger charge is -2.19. The van der Waals surface area contributed by atoms with Gasteiger partial charge in [-0.2, -0.15) is 0 Å². The first-order valence-corrected chi connectivity index (χ1v) is 6.20. The monoisotopic (exact) mass is 237 g/mol. The Kier molecular flexibility index (Phi) is 5.15. The van der Waals surface area contributed by atoms with E-state index in [1.54, 1.807) is 0 Å². The predicted molar refractivity (Wildman–Crippen MR) is 71.9 cm³/mol. The number of hydrogen-bond donors (Lipinski definition) is 3. The Bertz CT molecular complexity index is 364. The highest BCUT2D eigenvalue weighted by Gasteiger charge is 2.11. The zero-order valence-electron chi connectivity index (χ0n) is 11.2. The topological polar surface area (TPSA) is 75.9 Å². The van der Waals surface area contributed by atoms with E-state index in [2.05, 4.69) is 34.6 Å². The maximum absolute atomic E-state index is 5.44. The molecule has 0 aliphatic carbocycles. The third-order valence-electron chi connectivity index (χ3n) is 2.87. The van der Waals surface area contributed by atoms with Crippen LogP contribution < -0.4 is 16.6 Å². The minimum absolute atomic E-state index is 0.457. The van der Waals surface area contributed by atoms with Crippen LogP contribution in [0.4, 0.5) is 11.6 Å². The molecule has 0 aliphatic rings. The summed E-state index contributed by atoms with van der Waals surface area (Å²) in [4.78, 5) is 8.68. The normalized spacial score (nSPS) is 12.3. The molecule has 17 heavy (non-hydrogen) atoms. The van der Waals surface area contributed by atoms with Crippen LogP contribution in [0.25, 0.3) is 0 Å². The zero-order valence-corrected chi connectivity index (χ0v) is 11.2. The van der Waals surface area contributed by atoms with Gasteiger partial charge in [0.2, 0.25) is 0 Å². The van der Waals surface area contributed by atoms with Crippen molar-refractivity contribution in [2.45, 2.75) is 53.0 Å². The molecule has 1 aromatic heterocycles. The molecule has 1 heterocycles. The number of hydrazine groups is 1. The van der Waals surface area contributed by atoms with Crippen LogP contribution in [0.1, 0.15) is 44.5 Å². The van der Waals surface area contributed by atoms with Gasteiger partial charge >= 0.3 is 0 Å². The van der Waals surface area contributed by atoms with Crippen LogP contribution in [0.3, 0.4) is 0 Å². The third kappa shape index (κ3) is 3.56. The maximum atomic E-state index is 5.44. The minimum Gasteiger partial charge on any atom is -0.367 e. The molecule has 0 bridgehead atoms. The van der Waals surface area contributed by atoms with E-state index in [4.69, 9.17) is 5.84 Å². The summed E-state index contributed by atoms with van der Waals surface area (Å²) >= 11 is 0. The zero-order chi connectivity index (χ0) is 12.8. The number of aromatic nitrogens is 2. The van der Waals surface area contributed by atoms with Gasteiger partial charge in [-0.15, -0.1) is 0 Å². The Hall–Kier alpha value is -1.36. The third-order valence-corrected chi connectivity index (χ3v) is 2.87. The van der Waals surface area contributed by atoms with Crippen LogP contribution in [-0.2, 0) is 0 Å². The lowest BCUT2D eigenvalue weighted by Crippen LogP contribution is -2.21. The molecule has 0 aliphatic heterocycles. The maximum Gasteiger partial charge on any atom is 0.148 e. The molecule has 96 valence electrons. The molecule has 1 unspecified atom stereocenters. The van der Waals surface area contributed by atoms with Gasteiger partial charge in [0, 0.05) is 11.6 Å². The Labute approximate surface area is 103 Å². The second-order valence-electron chi connectivity index (χ2n) is 4.28. The summed E-state index contributed by atoms with van der Waals surface area (Å²) in [5, 5.41) is 3.47. The van der Waals surface area contributed by atoms with E-state index < -0.39 is 0 Å². The average molecular weight is 237 g/mol. The van der Waals surface area contributed by atoms with E-state index in [1.165, 1.54) is 0 Å². The van der Waals surface area contributed by atoms with Crippen molar-refractivity contribution in [3.63, 3.8) is 0 Å². The molecule has 0 saturated heterocycles. The van der Waals surface area contributed by atoms with Crippen molar-refractivity contribution in [3.05, 3.63) is 11.4 Å². The molecule has 0 fully saturated rings. The number of hydrogen-bond acceptors (Lipinski definition) is 5. The fraction of sp³-hybridized carbons (Fsp3) is 0.667. The molecule has 0 amide bonds. The molecule has 5 nitrogen and oxygen atoms in total. The molecule has 4 N–H and O–H groups in total. The summed E-state index contributed by atoms with van der Waals surface area (Å²) in [5.41, 5.74) is 3.57. The summed E-state index contributed by atoms with van der Waals surface area (Å²) < 4.78 is 0. The number of nitrogens with two attached hydrogens (primary N) is 1. The minimum atomic E-state index is 0.457. The van der Waals surface area contributed by atoms with E-state index >= 15 is 0 Å². The van der Waals surface area contributed by atoms with Gasteiger partial charge in [0.1, 0.15) is 17.5 Å².